The van der Waals surface area contributed by atoms with Crippen molar-refractivity contribution in [2.75, 3.05) is 20.4 Å². The third-order valence-corrected chi connectivity index (χ3v) is 0.500. The summed E-state index contributed by atoms with van der Waals surface area (Å²) >= 11 is 0. The summed E-state index contributed by atoms with van der Waals surface area (Å²) in [5, 5.41) is 6.89. The average molecular weight is 199 g/mol. The van der Waals surface area contributed by atoms with Gasteiger partial charge >= 0.3 is 0 Å². The van der Waals surface area contributed by atoms with Gasteiger partial charge in [-0.3, -0.25) is 9.59 Å². The number of ether oxygens (including phenoxy) is 3. The number of carboxylic acid groups (broad SMARTS) is 1. The first-order valence-electron chi connectivity index (χ1n) is 2.79. The van der Waals surface area contributed by atoms with Gasteiger partial charge in [-0.15, -0.1) is 0 Å². The van der Waals surface area contributed by atoms with Gasteiger partial charge in [-0.25, -0.2) is 0 Å². The summed E-state index contributed by atoms with van der Waals surface area (Å²) in [6.07, 6.45) is 0.250. The number of amides is 1. The Bertz CT molecular complexity index is 77.4. The van der Waals surface area contributed by atoms with E-state index in [-0.39, 0.29) is 18.4 Å². The molecular weight excluding hydrogens is 186 g/mol. The fraction of sp³-hybridized carbons (Fsp3) is 0.600. The van der Waals surface area contributed by atoms with Crippen molar-refractivity contribution >= 4 is 12.9 Å². The highest BCUT2D eigenvalue weighted by molar-refractivity contribution is 5.42. The van der Waals surface area contributed by atoms with Crippen molar-refractivity contribution < 1.29 is 34.4 Å². The molecule has 0 unspecified atom stereocenters. The number of rotatable bonds is 0. The average Bonchev–Trinajstić information content (AvgIpc) is 2.10. The number of nitrogens with two attached hydrogens (primary N) is 1. The number of carbonyl (C=O) groups is 2. The molecule has 1 fully saturated rings. The molecule has 0 saturated carbocycles. The second kappa shape index (κ2) is 22.4. The lowest BCUT2D eigenvalue weighted by Gasteiger charge is -2.10. The molecule has 1 rings (SSSR count). The maximum absolute atomic E-state index is 8.58. The number of primary amides is 1. The predicted molar refractivity (Wildman–Crippen MR) is 40.4 cm³/mol. The van der Waals surface area contributed by atoms with Gasteiger partial charge in [0.1, 0.15) is 0 Å². The zero-order valence-corrected chi connectivity index (χ0v) is 6.84. The minimum Gasteiger partial charge on any atom is -0.483 e. The first-order chi connectivity index (χ1) is 5.83. The monoisotopic (exact) mass is 199 g/mol. The molecule has 5 N–H and O–H groups in total. The maximum atomic E-state index is 8.58. The molecule has 0 aromatic carbocycles. The van der Waals surface area contributed by atoms with E-state index in [2.05, 4.69) is 19.9 Å². The lowest BCUT2D eigenvalue weighted by molar-refractivity contribution is -0.247. The van der Waals surface area contributed by atoms with Gasteiger partial charge in [-0.2, -0.15) is 0 Å². The zero-order chi connectivity index (χ0) is 9.66. The highest BCUT2D eigenvalue weighted by atomic mass is 16.8. The van der Waals surface area contributed by atoms with Crippen molar-refractivity contribution in [3.8, 4) is 0 Å². The molecule has 0 aromatic rings. The molecule has 0 atom stereocenters. The fourth-order valence-electron chi connectivity index (χ4n) is 0.279. The van der Waals surface area contributed by atoms with Crippen LogP contribution in [0.2, 0.25) is 0 Å². The summed E-state index contributed by atoms with van der Waals surface area (Å²) < 4.78 is 13.9. The summed E-state index contributed by atoms with van der Waals surface area (Å²) in [4.78, 5) is 16.9. The van der Waals surface area contributed by atoms with E-state index in [4.69, 9.17) is 14.7 Å². The molecule has 1 heterocycles. The minimum absolute atomic E-state index is 0. The van der Waals surface area contributed by atoms with E-state index in [0.717, 1.165) is 0 Å². The van der Waals surface area contributed by atoms with Gasteiger partial charge < -0.3 is 30.5 Å². The van der Waals surface area contributed by atoms with Gasteiger partial charge in [0.05, 0.1) is 0 Å². The number of hydrogen-bond donors (Lipinski definition) is 2. The molecule has 8 nitrogen and oxygen atoms in total. The molecule has 0 spiro atoms. The van der Waals surface area contributed by atoms with E-state index in [1.54, 1.807) is 0 Å². The molecule has 1 aliphatic rings. The zero-order valence-electron chi connectivity index (χ0n) is 6.84. The Balaban J connectivity index is -0.000000126. The van der Waals surface area contributed by atoms with Crippen LogP contribution in [0, 0.1) is 0 Å². The number of carbonyl (C=O) groups excluding carboxylic acids is 1. The van der Waals surface area contributed by atoms with Crippen LogP contribution in [0.4, 0.5) is 0 Å². The normalized spacial score (nSPS) is 12.9. The second-order valence-corrected chi connectivity index (χ2v) is 1.21. The van der Waals surface area contributed by atoms with Gasteiger partial charge in [-0.05, 0) is 0 Å². The molecular formula is C5H13NO7. The Morgan fingerprint density at radius 1 is 1.08 bits per heavy atom. The predicted octanol–water partition coefficient (Wildman–Crippen LogP) is -2.10. The third kappa shape index (κ3) is 36.4. The van der Waals surface area contributed by atoms with Gasteiger partial charge in [0.2, 0.25) is 6.41 Å². The van der Waals surface area contributed by atoms with Crippen LogP contribution in [0.15, 0.2) is 0 Å². The first kappa shape index (κ1) is 17.8. The molecule has 8 heteroatoms. The van der Waals surface area contributed by atoms with Crippen molar-refractivity contribution in [3.63, 3.8) is 0 Å². The van der Waals surface area contributed by atoms with Crippen LogP contribution in [0.1, 0.15) is 0 Å². The summed E-state index contributed by atoms with van der Waals surface area (Å²) in [5.41, 5.74) is 4.17. The highest BCUT2D eigenvalue weighted by Gasteiger charge is 1.93. The molecule has 1 saturated heterocycles. The topological polar surface area (TPSA) is 140 Å². The van der Waals surface area contributed by atoms with E-state index in [1.807, 2.05) is 0 Å². The van der Waals surface area contributed by atoms with Gasteiger partial charge in [0.25, 0.3) is 6.47 Å². The SMILES string of the molecule is C1OCOCO1.NC=O.O.O=CO. The molecule has 0 aliphatic carbocycles. The quantitative estimate of drug-likeness (QED) is 0.428. The second-order valence-electron chi connectivity index (χ2n) is 1.21. The molecule has 1 aliphatic heterocycles. The lowest BCUT2D eigenvalue weighted by atomic mass is 11.2. The smallest absolute Gasteiger partial charge is 0.290 e. The van der Waals surface area contributed by atoms with Crippen LogP contribution in [0.5, 0.6) is 0 Å². The Morgan fingerprint density at radius 3 is 1.31 bits per heavy atom. The van der Waals surface area contributed by atoms with Crippen LogP contribution >= 0.6 is 0 Å². The van der Waals surface area contributed by atoms with Gasteiger partial charge in [0, 0.05) is 0 Å². The van der Waals surface area contributed by atoms with Gasteiger partial charge in [0.15, 0.2) is 20.4 Å². The van der Waals surface area contributed by atoms with Crippen LogP contribution in [0.3, 0.4) is 0 Å². The molecule has 80 valence electrons. The third-order valence-electron chi connectivity index (χ3n) is 0.500. The van der Waals surface area contributed by atoms with E-state index in [1.165, 1.54) is 0 Å². The summed E-state index contributed by atoms with van der Waals surface area (Å²) in [6, 6.07) is 0. The molecule has 0 aromatic heterocycles. The van der Waals surface area contributed by atoms with Crippen molar-refractivity contribution in [2.45, 2.75) is 0 Å². The summed E-state index contributed by atoms with van der Waals surface area (Å²) in [6.45, 7) is 0.875. The van der Waals surface area contributed by atoms with Gasteiger partial charge in [-0.1, -0.05) is 0 Å². The van der Waals surface area contributed by atoms with Crippen molar-refractivity contribution in [1.29, 1.82) is 0 Å². The Labute approximate surface area is 74.5 Å². The first-order valence-corrected chi connectivity index (χ1v) is 2.79. The Hall–Kier alpha value is -1.22. The van der Waals surface area contributed by atoms with Crippen molar-refractivity contribution in [3.05, 3.63) is 0 Å². The number of hydrogen-bond acceptors (Lipinski definition) is 5. The molecule has 0 bridgehead atoms. The molecule has 0 radical (unpaired) electrons. The summed E-state index contributed by atoms with van der Waals surface area (Å²) in [5.74, 6) is 0. The largest absolute Gasteiger partial charge is 0.483 e. The van der Waals surface area contributed by atoms with Crippen LogP contribution in [-0.2, 0) is 23.8 Å². The maximum Gasteiger partial charge on any atom is 0.290 e. The highest BCUT2D eigenvalue weighted by Crippen LogP contribution is 1.87. The molecule has 13 heavy (non-hydrogen) atoms. The Morgan fingerprint density at radius 2 is 1.23 bits per heavy atom. The van der Waals surface area contributed by atoms with E-state index in [9.17, 15) is 0 Å². The van der Waals surface area contributed by atoms with Crippen LogP contribution < -0.4 is 5.73 Å². The van der Waals surface area contributed by atoms with Crippen LogP contribution in [0.25, 0.3) is 0 Å². The van der Waals surface area contributed by atoms with E-state index >= 15 is 0 Å². The fourth-order valence-corrected chi connectivity index (χ4v) is 0.279. The molecule has 1 amide bonds. The van der Waals surface area contributed by atoms with E-state index < -0.39 is 0 Å². The van der Waals surface area contributed by atoms with Crippen molar-refractivity contribution in [2.24, 2.45) is 5.73 Å². The van der Waals surface area contributed by atoms with Crippen LogP contribution in [-0.4, -0.2) is 43.8 Å². The minimum atomic E-state index is -0.250. The Kier molecular flexibility index (Phi) is 30.6. The summed E-state index contributed by atoms with van der Waals surface area (Å²) in [7, 11) is 0. The van der Waals surface area contributed by atoms with E-state index in [0.29, 0.717) is 20.4 Å². The van der Waals surface area contributed by atoms with Crippen molar-refractivity contribution in [1.82, 2.24) is 0 Å². The standard InChI is InChI=1S/C3H6O3.CH3NO.CH2O2.H2O/c1-4-2-6-3-5-1;2*2-1-3;/h1-3H2;1H,(H2,2,3);1H,(H,2,3);1H2. The lowest BCUT2D eigenvalue weighted by Crippen LogP contribution is -2.14.